The third-order valence-electron chi connectivity index (χ3n) is 9.06. The Labute approximate surface area is 234 Å². The Morgan fingerprint density at radius 3 is 2.56 bits per heavy atom. The predicted octanol–water partition coefficient (Wildman–Crippen LogP) is 3.90. The number of para-hydroxylation sites is 1. The summed E-state index contributed by atoms with van der Waals surface area (Å²) in [5.74, 6) is -3.24. The number of benzene rings is 1. The zero-order valence-electron chi connectivity index (χ0n) is 22.7. The number of hydrogen-bond acceptors (Lipinski definition) is 6. The minimum Gasteiger partial charge on any atom is -0.465 e. The second-order valence-corrected chi connectivity index (χ2v) is 11.4. The van der Waals surface area contributed by atoms with Crippen LogP contribution in [0.4, 0.5) is 5.69 Å². The number of rotatable bonds is 6. The minimum absolute atomic E-state index is 0.105. The summed E-state index contributed by atoms with van der Waals surface area (Å²) in [4.78, 5) is 45.9. The van der Waals surface area contributed by atoms with Crippen molar-refractivity contribution in [3.63, 3.8) is 0 Å². The highest BCUT2D eigenvalue weighted by Gasteiger charge is 2.76. The first-order chi connectivity index (χ1) is 18.8. The van der Waals surface area contributed by atoms with Crippen molar-refractivity contribution in [2.24, 2.45) is 17.8 Å². The molecule has 4 aliphatic heterocycles. The molecule has 5 rings (SSSR count). The maximum atomic E-state index is 14.6. The lowest BCUT2D eigenvalue weighted by Crippen LogP contribution is -2.60. The Morgan fingerprint density at radius 2 is 1.87 bits per heavy atom. The zero-order valence-corrected chi connectivity index (χ0v) is 23.5. The first kappa shape index (κ1) is 27.9. The first-order valence-corrected chi connectivity index (χ1v) is 14.3. The molecule has 7 atom stereocenters. The van der Waals surface area contributed by atoms with E-state index >= 15 is 0 Å². The molecule has 0 bridgehead atoms. The number of allylic oxidation sites excluding steroid dienone is 1. The minimum atomic E-state index is -1.42. The number of amides is 2. The first-order valence-electron chi connectivity index (χ1n) is 14.0. The van der Waals surface area contributed by atoms with Gasteiger partial charge in [-0.2, -0.15) is 0 Å². The fourth-order valence-corrected chi connectivity index (χ4v) is 7.11. The molecular formula is C30H37ClN2O6. The van der Waals surface area contributed by atoms with Crippen LogP contribution in [0.1, 0.15) is 46.5 Å². The number of aliphatic hydroxyl groups is 1. The third kappa shape index (κ3) is 4.23. The molecule has 0 radical (unpaired) electrons. The fourth-order valence-electron chi connectivity index (χ4n) is 6.87. The summed E-state index contributed by atoms with van der Waals surface area (Å²) in [6.45, 7) is 6.00. The van der Waals surface area contributed by atoms with E-state index in [1.807, 2.05) is 39.0 Å². The van der Waals surface area contributed by atoms with Crippen LogP contribution in [-0.4, -0.2) is 70.8 Å². The van der Waals surface area contributed by atoms with Crippen LogP contribution in [0.25, 0.3) is 0 Å². The number of aliphatic hydroxyl groups excluding tert-OH is 1. The third-order valence-corrected chi connectivity index (χ3v) is 9.38. The molecule has 0 aromatic heterocycles. The number of anilines is 1. The van der Waals surface area contributed by atoms with Crippen LogP contribution >= 0.6 is 11.6 Å². The number of esters is 1. The highest BCUT2D eigenvalue weighted by molar-refractivity contribution is 6.34. The number of carbonyl (C=O) groups is 3. The molecule has 1 N–H and O–H groups in total. The number of fused-ring (bicyclic) bond motifs is 2. The number of carbonyl (C=O) groups excluding carboxylic acids is 3. The van der Waals surface area contributed by atoms with Crippen molar-refractivity contribution in [2.45, 2.75) is 69.7 Å². The summed E-state index contributed by atoms with van der Waals surface area (Å²) < 4.78 is 12.6. The molecule has 8 nitrogen and oxygen atoms in total. The van der Waals surface area contributed by atoms with E-state index in [0.717, 1.165) is 0 Å². The molecule has 0 saturated carbocycles. The van der Waals surface area contributed by atoms with Crippen LogP contribution in [0.2, 0.25) is 5.02 Å². The number of halogens is 1. The van der Waals surface area contributed by atoms with Crippen molar-refractivity contribution >= 4 is 35.1 Å². The van der Waals surface area contributed by atoms with E-state index in [9.17, 15) is 19.5 Å². The second-order valence-electron chi connectivity index (χ2n) is 11.0. The summed E-state index contributed by atoms with van der Waals surface area (Å²) in [5.41, 5.74) is -2.01. The Bertz CT molecular complexity index is 1200. The van der Waals surface area contributed by atoms with Gasteiger partial charge in [0.1, 0.15) is 23.2 Å². The van der Waals surface area contributed by atoms with Gasteiger partial charge in [0.05, 0.1) is 35.9 Å². The van der Waals surface area contributed by atoms with E-state index in [0.29, 0.717) is 36.4 Å². The van der Waals surface area contributed by atoms with Gasteiger partial charge in [-0.25, -0.2) is 0 Å². The van der Waals surface area contributed by atoms with Crippen LogP contribution in [0.15, 0.2) is 48.6 Å². The SMILES string of the molecule is CC[C@H](C)[C@H](CO)N1C(=O)[C@@H]2[C@@H]3C(=O)OCCC/C=C\[C@]3(CC)O[C@@]23C=CCN(c2ccccc2Cl)C(=O)C13. The normalized spacial score (nSPS) is 34.7. The van der Waals surface area contributed by atoms with Gasteiger partial charge in [-0.1, -0.05) is 75.2 Å². The van der Waals surface area contributed by atoms with Crippen molar-refractivity contribution < 1.29 is 29.0 Å². The molecular weight excluding hydrogens is 520 g/mol. The van der Waals surface area contributed by atoms with Crippen LogP contribution in [0.3, 0.4) is 0 Å². The Morgan fingerprint density at radius 1 is 1.10 bits per heavy atom. The van der Waals surface area contributed by atoms with E-state index in [4.69, 9.17) is 21.1 Å². The lowest BCUT2D eigenvalue weighted by Gasteiger charge is -2.42. The van der Waals surface area contributed by atoms with Crippen molar-refractivity contribution in [2.75, 3.05) is 24.7 Å². The van der Waals surface area contributed by atoms with Crippen LogP contribution in [0.5, 0.6) is 0 Å². The standard InChI is InChI=1S/C30H37ClN2O6/c1-4-19(3)22(18-34)33-25-27(36)32(21-13-8-7-12-20(21)31)16-11-15-30(25)23(26(33)35)24-28(37)38-17-10-6-9-14-29(24,5-2)39-30/h7-9,11-15,19,22-25,34H,4-6,10,16-18H2,1-3H3/b14-9-/t19-,22-,23-,24+,25?,29-,30-/m0/s1. The van der Waals surface area contributed by atoms with E-state index in [-0.39, 0.29) is 37.5 Å². The summed E-state index contributed by atoms with van der Waals surface area (Å²) in [7, 11) is 0. The molecule has 39 heavy (non-hydrogen) atoms. The molecule has 1 aromatic carbocycles. The maximum Gasteiger partial charge on any atom is 0.313 e. The maximum absolute atomic E-state index is 14.6. The number of nitrogens with zero attached hydrogens (tertiary/aromatic N) is 2. The topological polar surface area (TPSA) is 96.4 Å². The monoisotopic (exact) mass is 556 g/mol. The van der Waals surface area contributed by atoms with E-state index in [1.54, 1.807) is 35.2 Å². The van der Waals surface area contributed by atoms with Crippen LogP contribution in [-0.2, 0) is 23.9 Å². The molecule has 4 heterocycles. The average Bonchev–Trinajstić information content (AvgIpc) is 3.31. The molecule has 210 valence electrons. The van der Waals surface area contributed by atoms with Gasteiger partial charge >= 0.3 is 5.97 Å². The quantitative estimate of drug-likeness (QED) is 0.422. The summed E-state index contributed by atoms with van der Waals surface area (Å²) in [6, 6.07) is 5.34. The summed E-state index contributed by atoms with van der Waals surface area (Å²) in [5, 5.41) is 10.9. The number of hydrogen-bond donors (Lipinski definition) is 1. The van der Waals surface area contributed by atoms with Gasteiger partial charge in [0.2, 0.25) is 5.91 Å². The predicted molar refractivity (Wildman–Crippen MR) is 147 cm³/mol. The van der Waals surface area contributed by atoms with Crippen LogP contribution < -0.4 is 4.90 Å². The van der Waals surface area contributed by atoms with Gasteiger partial charge < -0.3 is 24.4 Å². The van der Waals surface area contributed by atoms with Crippen molar-refractivity contribution in [1.82, 2.24) is 4.90 Å². The molecule has 1 spiro atoms. The van der Waals surface area contributed by atoms with Crippen LogP contribution in [0, 0.1) is 17.8 Å². The van der Waals surface area contributed by atoms with Gasteiger partial charge in [0.15, 0.2) is 0 Å². The number of cyclic esters (lactones) is 1. The zero-order chi connectivity index (χ0) is 27.9. The fraction of sp³-hybridized carbons (Fsp3) is 0.567. The Balaban J connectivity index is 1.72. The molecule has 1 unspecified atom stereocenters. The number of likely N-dealkylation sites (tertiary alicyclic amines) is 1. The van der Waals surface area contributed by atoms with Gasteiger partial charge in [0, 0.05) is 6.54 Å². The van der Waals surface area contributed by atoms with Gasteiger partial charge in [-0.05, 0) is 37.3 Å². The number of ether oxygens (including phenoxy) is 2. The molecule has 4 aliphatic rings. The summed E-state index contributed by atoms with van der Waals surface area (Å²) in [6.07, 6.45) is 10.0. The van der Waals surface area contributed by atoms with E-state index in [2.05, 4.69) is 0 Å². The van der Waals surface area contributed by atoms with E-state index in [1.165, 1.54) is 4.90 Å². The highest BCUT2D eigenvalue weighted by atomic mass is 35.5. The highest BCUT2D eigenvalue weighted by Crippen LogP contribution is 2.59. The largest absolute Gasteiger partial charge is 0.465 e. The smallest absolute Gasteiger partial charge is 0.313 e. The molecule has 9 heteroatoms. The lowest BCUT2D eigenvalue weighted by atomic mass is 9.73. The van der Waals surface area contributed by atoms with Crippen molar-refractivity contribution in [3.8, 4) is 0 Å². The van der Waals surface area contributed by atoms with Gasteiger partial charge in [-0.3, -0.25) is 14.4 Å². The molecule has 2 fully saturated rings. The molecule has 2 saturated heterocycles. The average molecular weight is 557 g/mol. The molecule has 0 aliphatic carbocycles. The Hall–Kier alpha value is -2.68. The van der Waals surface area contributed by atoms with E-state index < -0.39 is 41.1 Å². The van der Waals surface area contributed by atoms with Gasteiger partial charge in [-0.15, -0.1) is 0 Å². The van der Waals surface area contributed by atoms with Gasteiger partial charge in [0.25, 0.3) is 5.91 Å². The second kappa shape index (κ2) is 10.7. The summed E-state index contributed by atoms with van der Waals surface area (Å²) >= 11 is 6.53. The Kier molecular flexibility index (Phi) is 7.65. The molecule has 1 aromatic rings. The molecule has 2 amide bonds. The lowest BCUT2D eigenvalue weighted by molar-refractivity contribution is -0.161. The van der Waals surface area contributed by atoms with Crippen molar-refractivity contribution in [3.05, 3.63) is 53.6 Å². The van der Waals surface area contributed by atoms with Crippen molar-refractivity contribution in [1.29, 1.82) is 0 Å².